The van der Waals surface area contributed by atoms with E-state index in [4.69, 9.17) is 10.1 Å². The molecule has 4 heterocycles. The molecule has 2 amide bonds. The number of nitrogens with zero attached hydrogens (tertiary/aromatic N) is 6. The van der Waals surface area contributed by atoms with E-state index in [-0.39, 0.29) is 17.7 Å². The molecule has 0 unspecified atom stereocenters. The van der Waals surface area contributed by atoms with Crippen molar-refractivity contribution in [3.05, 3.63) is 47.4 Å². The lowest BCUT2D eigenvalue weighted by atomic mass is 9.94. The first-order chi connectivity index (χ1) is 16.5. The molecular formula is C26H32N6O2. The van der Waals surface area contributed by atoms with Crippen LogP contribution in [-0.4, -0.2) is 67.5 Å². The van der Waals surface area contributed by atoms with E-state index in [0.29, 0.717) is 48.9 Å². The summed E-state index contributed by atoms with van der Waals surface area (Å²) < 4.78 is 1.75. The summed E-state index contributed by atoms with van der Waals surface area (Å²) in [5.74, 6) is 1.31. The molecule has 8 heteroatoms. The van der Waals surface area contributed by atoms with E-state index in [0.717, 1.165) is 42.7 Å². The van der Waals surface area contributed by atoms with Gasteiger partial charge in [-0.1, -0.05) is 6.07 Å². The van der Waals surface area contributed by atoms with Gasteiger partial charge in [-0.15, -0.1) is 0 Å². The summed E-state index contributed by atoms with van der Waals surface area (Å²) in [5, 5.41) is 5.51. The Kier molecular flexibility index (Phi) is 6.06. The fourth-order valence-electron chi connectivity index (χ4n) is 5.00. The molecule has 5 rings (SSSR count). The molecule has 0 bridgehead atoms. The number of hydrogen-bond acceptors (Lipinski definition) is 5. The van der Waals surface area contributed by atoms with E-state index in [1.807, 2.05) is 54.8 Å². The lowest BCUT2D eigenvalue weighted by Crippen LogP contribution is -2.44. The van der Waals surface area contributed by atoms with Crippen LogP contribution >= 0.6 is 0 Å². The smallest absolute Gasteiger partial charge is 0.254 e. The lowest BCUT2D eigenvalue weighted by molar-refractivity contribution is -0.136. The number of pyridine rings is 2. The molecule has 1 aliphatic carbocycles. The van der Waals surface area contributed by atoms with Crippen LogP contribution in [0.4, 0.5) is 0 Å². The van der Waals surface area contributed by atoms with Crippen LogP contribution in [0.15, 0.2) is 30.5 Å². The topological polar surface area (TPSA) is 84.2 Å². The van der Waals surface area contributed by atoms with Crippen LogP contribution in [0.2, 0.25) is 0 Å². The second-order valence-electron chi connectivity index (χ2n) is 9.33. The van der Waals surface area contributed by atoms with Gasteiger partial charge in [0, 0.05) is 49.9 Å². The summed E-state index contributed by atoms with van der Waals surface area (Å²) in [6.45, 7) is 8.59. The van der Waals surface area contributed by atoms with Gasteiger partial charge in [0.05, 0.1) is 16.6 Å². The van der Waals surface area contributed by atoms with Gasteiger partial charge < -0.3 is 9.80 Å². The molecule has 3 aromatic heterocycles. The van der Waals surface area contributed by atoms with Crippen molar-refractivity contribution in [3.63, 3.8) is 0 Å². The molecule has 8 nitrogen and oxygen atoms in total. The van der Waals surface area contributed by atoms with Crippen LogP contribution < -0.4 is 0 Å². The maximum Gasteiger partial charge on any atom is 0.254 e. The Morgan fingerprint density at radius 3 is 2.44 bits per heavy atom. The third kappa shape index (κ3) is 4.06. The number of carbonyl (C=O) groups excluding carboxylic acids is 2. The maximum atomic E-state index is 13.8. The highest BCUT2D eigenvalue weighted by atomic mass is 16.2. The molecule has 178 valence electrons. The first-order valence-corrected chi connectivity index (χ1v) is 12.4. The first-order valence-electron chi connectivity index (χ1n) is 12.4. The van der Waals surface area contributed by atoms with Crippen LogP contribution in [0, 0.1) is 12.8 Å². The van der Waals surface area contributed by atoms with E-state index >= 15 is 0 Å². The maximum absolute atomic E-state index is 13.8. The second kappa shape index (κ2) is 9.16. The number of aromatic nitrogens is 4. The van der Waals surface area contributed by atoms with Gasteiger partial charge in [-0.05, 0) is 64.7 Å². The Morgan fingerprint density at radius 1 is 1.09 bits per heavy atom. The van der Waals surface area contributed by atoms with E-state index in [1.165, 1.54) is 0 Å². The summed E-state index contributed by atoms with van der Waals surface area (Å²) >= 11 is 0. The molecule has 1 saturated heterocycles. The van der Waals surface area contributed by atoms with Crippen molar-refractivity contribution in [2.45, 2.75) is 52.4 Å². The molecule has 0 spiro atoms. The zero-order valence-electron chi connectivity index (χ0n) is 20.2. The Bertz CT molecular complexity index is 1210. The molecule has 0 radical (unpaired) electrons. The monoisotopic (exact) mass is 460 g/mol. The van der Waals surface area contributed by atoms with Crippen molar-refractivity contribution in [1.82, 2.24) is 29.5 Å². The molecule has 0 aromatic carbocycles. The third-order valence-corrected chi connectivity index (χ3v) is 7.13. The molecule has 2 fully saturated rings. The molecule has 1 aliphatic heterocycles. The quantitative estimate of drug-likeness (QED) is 0.560. The average Bonchev–Trinajstić information content (AvgIpc) is 3.68. The fraction of sp³-hybridized carbons (Fsp3) is 0.500. The van der Waals surface area contributed by atoms with E-state index in [9.17, 15) is 9.59 Å². The van der Waals surface area contributed by atoms with Gasteiger partial charge in [-0.3, -0.25) is 9.59 Å². The molecule has 1 saturated carbocycles. The Hall–Kier alpha value is -3.29. The van der Waals surface area contributed by atoms with Gasteiger partial charge in [-0.25, -0.2) is 9.97 Å². The lowest BCUT2D eigenvalue weighted by Gasteiger charge is -2.34. The molecule has 34 heavy (non-hydrogen) atoms. The van der Waals surface area contributed by atoms with Crippen LogP contribution in [0.25, 0.3) is 16.9 Å². The minimum Gasteiger partial charge on any atom is -0.343 e. The number of aryl methyl sites for hydroxylation is 1. The van der Waals surface area contributed by atoms with Crippen molar-refractivity contribution in [3.8, 4) is 5.82 Å². The van der Waals surface area contributed by atoms with E-state index in [1.54, 1.807) is 10.9 Å². The van der Waals surface area contributed by atoms with E-state index < -0.39 is 0 Å². The van der Waals surface area contributed by atoms with Crippen molar-refractivity contribution in [2.24, 2.45) is 5.92 Å². The number of fused-ring (bicyclic) bond motifs is 1. The third-order valence-electron chi connectivity index (χ3n) is 7.13. The van der Waals surface area contributed by atoms with Crippen molar-refractivity contribution >= 4 is 22.8 Å². The largest absolute Gasteiger partial charge is 0.343 e. The zero-order valence-corrected chi connectivity index (χ0v) is 20.2. The standard InChI is InChI=1S/C26H32N6O2/c1-4-30(5-2)25(33)19-11-14-31(15-12-19)26(34)20-16-21(18-9-10-18)28-24-23(20)17(3)29-32(24)22-8-6-7-13-27-22/h6-8,13,16,18-19H,4-5,9-12,14-15H2,1-3H3. The highest BCUT2D eigenvalue weighted by Gasteiger charge is 2.33. The van der Waals surface area contributed by atoms with Crippen molar-refractivity contribution < 1.29 is 9.59 Å². The van der Waals surface area contributed by atoms with Gasteiger partial charge in [0.25, 0.3) is 5.91 Å². The van der Waals surface area contributed by atoms with Crippen LogP contribution in [0.5, 0.6) is 0 Å². The Balaban J connectivity index is 1.46. The molecule has 0 N–H and O–H groups in total. The van der Waals surface area contributed by atoms with Gasteiger partial charge in [0.15, 0.2) is 11.5 Å². The first kappa shape index (κ1) is 22.5. The van der Waals surface area contributed by atoms with Crippen molar-refractivity contribution in [1.29, 1.82) is 0 Å². The summed E-state index contributed by atoms with van der Waals surface area (Å²) in [7, 11) is 0. The highest BCUT2D eigenvalue weighted by molar-refractivity contribution is 6.07. The van der Waals surface area contributed by atoms with Crippen molar-refractivity contribution in [2.75, 3.05) is 26.2 Å². The Morgan fingerprint density at radius 2 is 1.82 bits per heavy atom. The van der Waals surface area contributed by atoms with Gasteiger partial charge in [0.2, 0.25) is 5.91 Å². The number of hydrogen-bond donors (Lipinski definition) is 0. The number of piperidine rings is 1. The van der Waals surface area contributed by atoms with Gasteiger partial charge in [-0.2, -0.15) is 9.78 Å². The normalized spacial score (nSPS) is 16.7. The molecular weight excluding hydrogens is 428 g/mol. The van der Waals surface area contributed by atoms with Crippen LogP contribution in [0.3, 0.4) is 0 Å². The van der Waals surface area contributed by atoms with Gasteiger partial charge in [0.1, 0.15) is 0 Å². The summed E-state index contributed by atoms with van der Waals surface area (Å²) in [5.41, 5.74) is 3.08. The van der Waals surface area contributed by atoms with Gasteiger partial charge >= 0.3 is 0 Å². The predicted octanol–water partition coefficient (Wildman–Crippen LogP) is 3.72. The summed E-state index contributed by atoms with van der Waals surface area (Å²) in [6, 6.07) is 7.67. The summed E-state index contributed by atoms with van der Waals surface area (Å²) in [6.07, 6.45) is 5.34. The number of carbonyl (C=O) groups is 2. The molecule has 0 atom stereocenters. The number of amides is 2. The second-order valence-corrected chi connectivity index (χ2v) is 9.33. The number of likely N-dealkylation sites (tertiary alicyclic amines) is 1. The molecule has 2 aliphatic rings. The highest BCUT2D eigenvalue weighted by Crippen LogP contribution is 2.41. The van der Waals surface area contributed by atoms with Crippen LogP contribution in [0.1, 0.15) is 67.2 Å². The average molecular weight is 461 g/mol. The minimum absolute atomic E-state index is 0.00271. The SMILES string of the molecule is CCN(CC)C(=O)C1CCN(C(=O)c2cc(C3CC3)nc3c2c(C)nn3-c2ccccn2)CC1. The zero-order chi connectivity index (χ0) is 23.8. The minimum atomic E-state index is -0.00271. The number of rotatable bonds is 6. The molecule has 3 aromatic rings. The predicted molar refractivity (Wildman–Crippen MR) is 130 cm³/mol. The van der Waals surface area contributed by atoms with Crippen LogP contribution in [-0.2, 0) is 4.79 Å². The summed E-state index contributed by atoms with van der Waals surface area (Å²) in [4.78, 5) is 39.7. The fourth-order valence-corrected chi connectivity index (χ4v) is 5.00. The van der Waals surface area contributed by atoms with E-state index in [2.05, 4.69) is 4.98 Å². The Labute approximate surface area is 200 Å².